The van der Waals surface area contributed by atoms with E-state index in [9.17, 15) is 0 Å². The quantitative estimate of drug-likeness (QED) is 0.822. The molecule has 0 fully saturated rings. The second-order valence-electron chi connectivity index (χ2n) is 3.86. The van der Waals surface area contributed by atoms with Crippen LogP contribution in [0.5, 0.6) is 0 Å². The average molecular weight is 219 g/mol. The van der Waals surface area contributed by atoms with Gasteiger partial charge in [0.05, 0.1) is 18.5 Å². The van der Waals surface area contributed by atoms with Crippen LogP contribution in [0.3, 0.4) is 0 Å². The first-order valence-corrected chi connectivity index (χ1v) is 5.55. The number of pyridine rings is 1. The summed E-state index contributed by atoms with van der Waals surface area (Å²) in [6, 6.07) is 2.12. The first-order valence-electron chi connectivity index (χ1n) is 5.55. The number of rotatable bonds is 4. The number of aryl methyl sites for hydroxylation is 1. The van der Waals surface area contributed by atoms with Crippen molar-refractivity contribution >= 4 is 16.7 Å². The van der Waals surface area contributed by atoms with Crippen molar-refractivity contribution in [1.82, 2.24) is 9.97 Å². The summed E-state index contributed by atoms with van der Waals surface area (Å²) < 4.78 is 0. The minimum Gasteiger partial charge on any atom is -0.395 e. The van der Waals surface area contributed by atoms with E-state index in [4.69, 9.17) is 5.11 Å². The van der Waals surface area contributed by atoms with Gasteiger partial charge in [-0.15, -0.1) is 0 Å². The number of aliphatic hydroxyl groups excluding tert-OH is 1. The zero-order valence-electron chi connectivity index (χ0n) is 9.70. The van der Waals surface area contributed by atoms with Gasteiger partial charge in [0.1, 0.15) is 5.65 Å². The molecule has 0 aliphatic carbocycles. The summed E-state index contributed by atoms with van der Waals surface area (Å²) in [5, 5.41) is 10.1. The molecule has 4 heteroatoms. The van der Waals surface area contributed by atoms with Crippen LogP contribution >= 0.6 is 0 Å². The van der Waals surface area contributed by atoms with E-state index in [1.54, 1.807) is 0 Å². The molecule has 2 N–H and O–H groups in total. The van der Waals surface area contributed by atoms with Gasteiger partial charge < -0.3 is 15.0 Å². The summed E-state index contributed by atoms with van der Waals surface area (Å²) in [5.41, 5.74) is 3.18. The average Bonchev–Trinajstić information content (AvgIpc) is 2.68. The molecule has 2 aromatic rings. The Morgan fingerprint density at radius 2 is 2.31 bits per heavy atom. The van der Waals surface area contributed by atoms with Gasteiger partial charge in [0, 0.05) is 24.7 Å². The van der Waals surface area contributed by atoms with Gasteiger partial charge in [-0.2, -0.15) is 0 Å². The highest BCUT2D eigenvalue weighted by Crippen LogP contribution is 2.21. The molecule has 86 valence electrons. The van der Waals surface area contributed by atoms with Gasteiger partial charge in [0.2, 0.25) is 0 Å². The van der Waals surface area contributed by atoms with Crippen LogP contribution in [0, 0.1) is 6.92 Å². The Morgan fingerprint density at radius 3 is 3.00 bits per heavy atom. The van der Waals surface area contributed by atoms with Gasteiger partial charge in [-0.1, -0.05) is 0 Å². The molecule has 0 saturated carbocycles. The monoisotopic (exact) mass is 219 g/mol. The predicted octanol–water partition coefficient (Wildman–Crippen LogP) is 1.69. The number of likely N-dealkylation sites (N-methyl/N-ethyl adjacent to an activating group) is 1. The summed E-state index contributed by atoms with van der Waals surface area (Å²) in [6.07, 6.45) is 3.81. The molecule has 0 unspecified atom stereocenters. The van der Waals surface area contributed by atoms with Gasteiger partial charge >= 0.3 is 0 Å². The summed E-state index contributed by atoms with van der Waals surface area (Å²) in [6.45, 7) is 5.82. The molecule has 2 heterocycles. The van der Waals surface area contributed by atoms with Crippen LogP contribution in [0.25, 0.3) is 11.0 Å². The van der Waals surface area contributed by atoms with E-state index in [-0.39, 0.29) is 6.61 Å². The van der Waals surface area contributed by atoms with Crippen molar-refractivity contribution in [2.24, 2.45) is 0 Å². The predicted molar refractivity (Wildman–Crippen MR) is 65.8 cm³/mol. The highest BCUT2D eigenvalue weighted by atomic mass is 16.3. The molecule has 4 nitrogen and oxygen atoms in total. The SMILES string of the molecule is CCN(CCO)c1cnc2[nH]cc(C)c2c1. The topological polar surface area (TPSA) is 52.1 Å². The number of H-pyrrole nitrogens is 1. The Bertz CT molecular complexity index is 478. The number of aliphatic hydroxyl groups is 1. The molecule has 0 bridgehead atoms. The van der Waals surface area contributed by atoms with Crippen LogP contribution < -0.4 is 4.90 Å². The molecular weight excluding hydrogens is 202 g/mol. The molecule has 0 aliphatic rings. The Balaban J connectivity index is 2.40. The van der Waals surface area contributed by atoms with Crippen LogP contribution in [-0.4, -0.2) is 34.8 Å². The summed E-state index contributed by atoms with van der Waals surface area (Å²) in [5.74, 6) is 0. The van der Waals surface area contributed by atoms with E-state index in [2.05, 4.69) is 34.8 Å². The number of nitrogens with one attached hydrogen (secondary N) is 1. The van der Waals surface area contributed by atoms with E-state index in [1.807, 2.05) is 12.4 Å². The smallest absolute Gasteiger partial charge is 0.137 e. The minimum atomic E-state index is 0.165. The van der Waals surface area contributed by atoms with Gasteiger partial charge in [-0.25, -0.2) is 4.98 Å². The second-order valence-corrected chi connectivity index (χ2v) is 3.86. The lowest BCUT2D eigenvalue weighted by atomic mass is 10.2. The van der Waals surface area contributed by atoms with E-state index in [0.29, 0.717) is 6.54 Å². The number of hydrogen-bond donors (Lipinski definition) is 2. The summed E-state index contributed by atoms with van der Waals surface area (Å²) >= 11 is 0. The van der Waals surface area contributed by atoms with Crippen molar-refractivity contribution in [2.45, 2.75) is 13.8 Å². The molecule has 0 saturated heterocycles. The Morgan fingerprint density at radius 1 is 1.50 bits per heavy atom. The van der Waals surface area contributed by atoms with E-state index >= 15 is 0 Å². The van der Waals surface area contributed by atoms with Crippen molar-refractivity contribution < 1.29 is 5.11 Å². The molecule has 2 rings (SSSR count). The first kappa shape index (κ1) is 11.0. The number of nitrogens with zero attached hydrogens (tertiary/aromatic N) is 2. The molecule has 16 heavy (non-hydrogen) atoms. The number of aromatic nitrogens is 2. The largest absolute Gasteiger partial charge is 0.395 e. The summed E-state index contributed by atoms with van der Waals surface area (Å²) in [4.78, 5) is 9.61. The standard InChI is InChI=1S/C12H17N3O/c1-3-15(4-5-16)10-6-11-9(2)7-13-12(11)14-8-10/h6-8,16H,3-5H2,1-2H3,(H,13,14). The fourth-order valence-corrected chi connectivity index (χ4v) is 1.89. The maximum absolute atomic E-state index is 8.99. The first-order chi connectivity index (χ1) is 7.76. The highest BCUT2D eigenvalue weighted by Gasteiger charge is 2.07. The number of hydrogen-bond acceptors (Lipinski definition) is 3. The maximum atomic E-state index is 8.99. The number of aromatic amines is 1. The lowest BCUT2D eigenvalue weighted by Crippen LogP contribution is -2.26. The zero-order chi connectivity index (χ0) is 11.5. The van der Waals surface area contributed by atoms with Crippen LogP contribution in [0.4, 0.5) is 5.69 Å². The molecule has 0 aromatic carbocycles. The Kier molecular flexibility index (Phi) is 3.10. The zero-order valence-corrected chi connectivity index (χ0v) is 9.70. The fraction of sp³-hybridized carbons (Fsp3) is 0.417. The molecule has 0 radical (unpaired) electrons. The lowest BCUT2D eigenvalue weighted by molar-refractivity contribution is 0.302. The molecule has 0 spiro atoms. The van der Waals surface area contributed by atoms with Crippen LogP contribution in [-0.2, 0) is 0 Å². The van der Waals surface area contributed by atoms with Crippen molar-refractivity contribution in [1.29, 1.82) is 0 Å². The second kappa shape index (κ2) is 4.53. The van der Waals surface area contributed by atoms with Gasteiger partial charge in [-0.05, 0) is 25.5 Å². The van der Waals surface area contributed by atoms with Crippen LogP contribution in [0.2, 0.25) is 0 Å². The lowest BCUT2D eigenvalue weighted by Gasteiger charge is -2.21. The molecule has 0 atom stereocenters. The van der Waals surface area contributed by atoms with Crippen molar-refractivity contribution in [3.05, 3.63) is 24.0 Å². The van der Waals surface area contributed by atoms with Gasteiger partial charge in [-0.3, -0.25) is 0 Å². The highest BCUT2D eigenvalue weighted by molar-refractivity contribution is 5.82. The van der Waals surface area contributed by atoms with Crippen LogP contribution in [0.1, 0.15) is 12.5 Å². The van der Waals surface area contributed by atoms with E-state index in [0.717, 1.165) is 23.3 Å². The number of anilines is 1. The van der Waals surface area contributed by atoms with Crippen LogP contribution in [0.15, 0.2) is 18.5 Å². The number of fused-ring (bicyclic) bond motifs is 1. The Labute approximate surface area is 94.9 Å². The van der Waals surface area contributed by atoms with Crippen molar-refractivity contribution in [3.8, 4) is 0 Å². The third-order valence-corrected chi connectivity index (χ3v) is 2.84. The third kappa shape index (κ3) is 1.88. The maximum Gasteiger partial charge on any atom is 0.137 e. The van der Waals surface area contributed by atoms with E-state index < -0.39 is 0 Å². The molecule has 2 aromatic heterocycles. The Hall–Kier alpha value is -1.55. The van der Waals surface area contributed by atoms with Gasteiger partial charge in [0.25, 0.3) is 0 Å². The summed E-state index contributed by atoms with van der Waals surface area (Å²) in [7, 11) is 0. The minimum absolute atomic E-state index is 0.165. The molecular formula is C12H17N3O. The normalized spacial score (nSPS) is 10.9. The van der Waals surface area contributed by atoms with Crippen molar-refractivity contribution in [3.63, 3.8) is 0 Å². The fourth-order valence-electron chi connectivity index (χ4n) is 1.89. The molecule has 0 amide bonds. The molecule has 0 aliphatic heterocycles. The van der Waals surface area contributed by atoms with Crippen molar-refractivity contribution in [2.75, 3.05) is 24.6 Å². The van der Waals surface area contributed by atoms with E-state index in [1.165, 1.54) is 5.56 Å². The third-order valence-electron chi connectivity index (χ3n) is 2.84. The van der Waals surface area contributed by atoms with Gasteiger partial charge in [0.15, 0.2) is 0 Å².